The molecule has 37 heavy (non-hydrogen) atoms. The number of carbonyl (C=O) groups excluding carboxylic acids is 2. The second-order valence-electron chi connectivity index (χ2n) is 8.71. The van der Waals surface area contributed by atoms with Crippen LogP contribution in [-0.2, 0) is 4.79 Å². The highest BCUT2D eigenvalue weighted by atomic mass is 32.2. The van der Waals surface area contributed by atoms with Gasteiger partial charge in [0.25, 0.3) is 5.91 Å². The second-order valence-corrected chi connectivity index (χ2v) is 10.5. The van der Waals surface area contributed by atoms with E-state index < -0.39 is 0 Å². The van der Waals surface area contributed by atoms with E-state index in [-0.39, 0.29) is 29.7 Å². The molecule has 3 N–H and O–H groups in total. The van der Waals surface area contributed by atoms with Gasteiger partial charge in [-0.3, -0.25) is 14.9 Å². The van der Waals surface area contributed by atoms with E-state index in [4.69, 9.17) is 10.7 Å². The zero-order chi connectivity index (χ0) is 26.2. The van der Waals surface area contributed by atoms with Crippen LogP contribution in [0.2, 0.25) is 0 Å². The molecule has 194 valence electrons. The van der Waals surface area contributed by atoms with Crippen molar-refractivity contribution in [2.75, 3.05) is 38.5 Å². The van der Waals surface area contributed by atoms with Crippen LogP contribution in [0.4, 0.5) is 0 Å². The SMILES string of the molecule is CC1/N=C(NC(=O)CN)\N=C(\N2CCN(C(=O)c3ccc(-c4ccccc4)cc3)CC2)C/C=C(/CS)S1. The third-order valence-electron chi connectivity index (χ3n) is 6.14. The first kappa shape index (κ1) is 27.0. The predicted octanol–water partition coefficient (Wildman–Crippen LogP) is 3.24. The molecule has 2 aliphatic rings. The van der Waals surface area contributed by atoms with Gasteiger partial charge in [0.15, 0.2) is 0 Å². The van der Waals surface area contributed by atoms with E-state index in [1.165, 1.54) is 0 Å². The third-order valence-corrected chi connectivity index (χ3v) is 7.75. The van der Waals surface area contributed by atoms with E-state index in [0.29, 0.717) is 43.9 Å². The Morgan fingerprint density at radius 2 is 1.73 bits per heavy atom. The number of rotatable bonds is 4. The van der Waals surface area contributed by atoms with Crippen LogP contribution in [-0.4, -0.2) is 77.3 Å². The van der Waals surface area contributed by atoms with Gasteiger partial charge in [0.1, 0.15) is 11.2 Å². The summed E-state index contributed by atoms with van der Waals surface area (Å²) in [6.45, 7) is 4.24. The zero-order valence-corrected chi connectivity index (χ0v) is 22.5. The summed E-state index contributed by atoms with van der Waals surface area (Å²) in [5.74, 6) is 1.35. The van der Waals surface area contributed by atoms with Crippen molar-refractivity contribution >= 4 is 48.0 Å². The normalized spacial score (nSPS) is 22.8. The maximum absolute atomic E-state index is 13.2. The number of piperazine rings is 1. The van der Waals surface area contributed by atoms with Gasteiger partial charge in [0.05, 0.1) is 6.54 Å². The lowest BCUT2D eigenvalue weighted by molar-refractivity contribution is -0.118. The van der Waals surface area contributed by atoms with Gasteiger partial charge < -0.3 is 15.5 Å². The Labute approximate surface area is 227 Å². The van der Waals surface area contributed by atoms with E-state index in [1.807, 2.05) is 54.3 Å². The molecule has 0 bridgehead atoms. The Kier molecular flexibility index (Phi) is 9.43. The summed E-state index contributed by atoms with van der Waals surface area (Å²) < 4.78 is 0. The number of nitrogens with one attached hydrogen (secondary N) is 1. The Balaban J connectivity index is 1.45. The summed E-state index contributed by atoms with van der Waals surface area (Å²) in [5, 5.41) is 2.59. The number of hydrogen-bond acceptors (Lipinski definition) is 8. The van der Waals surface area contributed by atoms with Crippen molar-refractivity contribution < 1.29 is 9.59 Å². The van der Waals surface area contributed by atoms with Gasteiger partial charge in [-0.05, 0) is 35.1 Å². The summed E-state index contributed by atoms with van der Waals surface area (Å²) in [6.07, 6.45) is 2.70. The van der Waals surface area contributed by atoms with E-state index in [2.05, 4.69) is 46.0 Å². The smallest absolute Gasteiger partial charge is 0.253 e. The van der Waals surface area contributed by atoms with E-state index in [0.717, 1.165) is 21.9 Å². The largest absolute Gasteiger partial charge is 0.356 e. The van der Waals surface area contributed by atoms with Gasteiger partial charge in [-0.25, -0.2) is 4.99 Å². The molecule has 0 saturated carbocycles. The average molecular weight is 537 g/mol. The van der Waals surface area contributed by atoms with Crippen molar-refractivity contribution in [1.82, 2.24) is 15.1 Å². The van der Waals surface area contributed by atoms with Gasteiger partial charge in [-0.15, -0.1) is 11.8 Å². The lowest BCUT2D eigenvalue weighted by Crippen LogP contribution is -2.51. The number of amidine groups is 1. The Morgan fingerprint density at radius 3 is 2.38 bits per heavy atom. The Hall–Kier alpha value is -3.08. The molecule has 8 nitrogen and oxygen atoms in total. The molecule has 0 aliphatic carbocycles. The summed E-state index contributed by atoms with van der Waals surface area (Å²) in [5.41, 5.74) is 8.37. The lowest BCUT2D eigenvalue weighted by atomic mass is 10.0. The van der Waals surface area contributed by atoms with Gasteiger partial charge in [0, 0.05) is 43.9 Å². The van der Waals surface area contributed by atoms with Gasteiger partial charge in [-0.1, -0.05) is 48.5 Å². The number of hydrogen-bond donors (Lipinski definition) is 3. The van der Waals surface area contributed by atoms with Crippen molar-refractivity contribution in [1.29, 1.82) is 0 Å². The standard InChI is InChI=1S/C27H32N6O2S2/c1-19-29-27(31-25(34)17-28)30-24(12-11-23(18-36)37-19)32-13-15-33(16-14-32)26(35)22-9-7-21(8-10-22)20-5-3-2-4-6-20/h2-11,19,36H,12-18,28H2,1H3,(H,29,31,34)/b23-11-,30-24+. The molecule has 2 amide bonds. The number of carbonyl (C=O) groups is 2. The van der Waals surface area contributed by atoms with Crippen LogP contribution in [0.3, 0.4) is 0 Å². The van der Waals surface area contributed by atoms with E-state index in [9.17, 15) is 9.59 Å². The maximum atomic E-state index is 13.2. The summed E-state index contributed by atoms with van der Waals surface area (Å²) in [6, 6.07) is 17.9. The first-order valence-electron chi connectivity index (χ1n) is 12.3. The Bertz CT molecular complexity index is 1190. The third kappa shape index (κ3) is 7.24. The molecule has 1 saturated heterocycles. The minimum absolute atomic E-state index is 0.0237. The van der Waals surface area contributed by atoms with Crippen molar-refractivity contribution in [3.63, 3.8) is 0 Å². The minimum atomic E-state index is -0.339. The number of benzene rings is 2. The van der Waals surface area contributed by atoms with E-state index in [1.54, 1.807) is 11.8 Å². The molecular weight excluding hydrogens is 504 g/mol. The molecular formula is C27H32N6O2S2. The van der Waals surface area contributed by atoms with E-state index >= 15 is 0 Å². The average Bonchev–Trinajstić information content (AvgIpc) is 3.01. The summed E-state index contributed by atoms with van der Waals surface area (Å²) >= 11 is 6.04. The molecule has 1 atom stereocenters. The molecule has 0 aromatic heterocycles. The van der Waals surface area contributed by atoms with Crippen LogP contribution >= 0.6 is 24.4 Å². The van der Waals surface area contributed by atoms with Crippen LogP contribution in [0.25, 0.3) is 11.1 Å². The summed E-state index contributed by atoms with van der Waals surface area (Å²) in [4.78, 5) is 39.6. The van der Waals surface area contributed by atoms with Crippen LogP contribution in [0.1, 0.15) is 23.7 Å². The molecule has 1 unspecified atom stereocenters. The number of guanidine groups is 1. The monoisotopic (exact) mass is 536 g/mol. The quantitative estimate of drug-likeness (QED) is 0.521. The lowest BCUT2D eigenvalue weighted by Gasteiger charge is -2.36. The highest BCUT2D eigenvalue weighted by molar-refractivity contribution is 8.04. The molecule has 0 radical (unpaired) electrons. The summed E-state index contributed by atoms with van der Waals surface area (Å²) in [7, 11) is 0. The number of thiol groups is 1. The molecule has 2 aromatic rings. The first-order valence-corrected chi connectivity index (χ1v) is 13.8. The number of amides is 2. The highest BCUT2D eigenvalue weighted by Crippen LogP contribution is 2.26. The van der Waals surface area contributed by atoms with Crippen LogP contribution in [0, 0.1) is 0 Å². The maximum Gasteiger partial charge on any atom is 0.253 e. The van der Waals surface area contributed by atoms with Crippen LogP contribution < -0.4 is 11.1 Å². The van der Waals surface area contributed by atoms with Crippen LogP contribution in [0.5, 0.6) is 0 Å². The van der Waals surface area contributed by atoms with Crippen molar-refractivity contribution in [2.45, 2.75) is 18.7 Å². The highest BCUT2D eigenvalue weighted by Gasteiger charge is 2.25. The van der Waals surface area contributed by atoms with Crippen molar-refractivity contribution in [2.24, 2.45) is 15.7 Å². The fourth-order valence-electron chi connectivity index (χ4n) is 4.19. The molecule has 2 aliphatic heterocycles. The first-order chi connectivity index (χ1) is 18.0. The van der Waals surface area contributed by atoms with Gasteiger partial charge in [-0.2, -0.15) is 17.6 Å². The molecule has 2 aromatic carbocycles. The predicted molar refractivity (Wildman–Crippen MR) is 155 cm³/mol. The van der Waals surface area contributed by atoms with Crippen LogP contribution in [0.15, 0.2) is 75.6 Å². The number of thioether (sulfide) groups is 1. The number of nitrogens with two attached hydrogens (primary N) is 1. The molecule has 2 heterocycles. The number of nitrogens with zero attached hydrogens (tertiary/aromatic N) is 4. The van der Waals surface area contributed by atoms with Crippen molar-refractivity contribution in [3.05, 3.63) is 71.1 Å². The van der Waals surface area contributed by atoms with Crippen molar-refractivity contribution in [3.8, 4) is 11.1 Å². The number of aliphatic imine (C=N–C) groups is 2. The Morgan fingerprint density at radius 1 is 1.05 bits per heavy atom. The fourth-order valence-corrected chi connectivity index (χ4v) is 5.39. The zero-order valence-electron chi connectivity index (χ0n) is 20.8. The molecule has 4 rings (SSSR count). The second kappa shape index (κ2) is 12.9. The topological polar surface area (TPSA) is 103 Å². The van der Waals surface area contributed by atoms with Gasteiger partial charge in [0.2, 0.25) is 11.9 Å². The molecule has 10 heteroatoms. The fraction of sp³-hybridized carbons (Fsp3) is 0.333. The molecule has 0 spiro atoms. The van der Waals surface area contributed by atoms with Gasteiger partial charge >= 0.3 is 0 Å². The minimum Gasteiger partial charge on any atom is -0.356 e. The molecule has 1 fully saturated rings.